The van der Waals surface area contributed by atoms with E-state index in [1.54, 1.807) is 17.0 Å². The number of rotatable bonds is 8. The first-order chi connectivity index (χ1) is 11.1. The number of unbranched alkanes of at least 4 members (excludes halogenated alkanes) is 2. The van der Waals surface area contributed by atoms with Gasteiger partial charge in [-0.15, -0.1) is 0 Å². The Kier molecular flexibility index (Phi) is 6.56. The van der Waals surface area contributed by atoms with E-state index in [9.17, 15) is 14.0 Å². The maximum absolute atomic E-state index is 12.8. The number of carbonyl (C=O) groups excluding carboxylic acids is 2. The van der Waals surface area contributed by atoms with E-state index in [1.807, 2.05) is 0 Å². The monoisotopic (exact) mass is 320 g/mol. The molecule has 23 heavy (non-hydrogen) atoms. The normalized spacial score (nSPS) is 17.6. The summed E-state index contributed by atoms with van der Waals surface area (Å²) in [6.45, 7) is 3.92. The quantitative estimate of drug-likeness (QED) is 0.748. The lowest BCUT2D eigenvalue weighted by molar-refractivity contribution is -0.129. The van der Waals surface area contributed by atoms with Gasteiger partial charge in [0.05, 0.1) is 5.92 Å². The van der Waals surface area contributed by atoms with Crippen molar-refractivity contribution in [1.29, 1.82) is 0 Å². The Morgan fingerprint density at radius 3 is 2.74 bits per heavy atom. The van der Waals surface area contributed by atoms with Crippen LogP contribution in [0.4, 0.5) is 4.39 Å². The topological polar surface area (TPSA) is 49.4 Å². The molecule has 2 rings (SSSR count). The molecule has 1 saturated heterocycles. The summed E-state index contributed by atoms with van der Waals surface area (Å²) >= 11 is 0. The van der Waals surface area contributed by atoms with Crippen LogP contribution < -0.4 is 5.32 Å². The highest BCUT2D eigenvalue weighted by Gasteiger charge is 2.33. The number of halogens is 1. The smallest absolute Gasteiger partial charge is 0.225 e. The number of carbonyl (C=O) groups is 2. The standard InChI is InChI=1S/C18H25FN2O2/c1-2-3-4-11-21-13-15(12-17(21)22)18(23)20-10-9-14-5-7-16(19)8-6-14/h5-8,15H,2-4,9-13H2,1H3,(H,20,23). The Bertz CT molecular complexity index is 530. The fraction of sp³-hybridized carbons (Fsp3) is 0.556. The minimum Gasteiger partial charge on any atom is -0.355 e. The molecule has 0 spiro atoms. The zero-order valence-electron chi connectivity index (χ0n) is 13.7. The number of hydrogen-bond donors (Lipinski definition) is 1. The third kappa shape index (κ3) is 5.34. The van der Waals surface area contributed by atoms with E-state index in [1.165, 1.54) is 12.1 Å². The lowest BCUT2D eigenvalue weighted by Gasteiger charge is -2.16. The second-order valence-electron chi connectivity index (χ2n) is 6.12. The van der Waals surface area contributed by atoms with Gasteiger partial charge in [-0.3, -0.25) is 9.59 Å². The van der Waals surface area contributed by atoms with E-state index >= 15 is 0 Å². The molecule has 4 nitrogen and oxygen atoms in total. The van der Waals surface area contributed by atoms with Crippen LogP contribution in [0.25, 0.3) is 0 Å². The minimum atomic E-state index is -0.259. The zero-order valence-corrected chi connectivity index (χ0v) is 13.7. The van der Waals surface area contributed by atoms with Crippen molar-refractivity contribution in [3.05, 3.63) is 35.6 Å². The molecule has 1 aromatic rings. The Labute approximate surface area is 137 Å². The Balaban J connectivity index is 1.71. The predicted octanol–water partition coefficient (Wildman–Crippen LogP) is 2.52. The molecule has 0 aromatic heterocycles. The summed E-state index contributed by atoms with van der Waals surface area (Å²) in [4.78, 5) is 25.9. The van der Waals surface area contributed by atoms with Gasteiger partial charge in [0, 0.05) is 26.1 Å². The first-order valence-electron chi connectivity index (χ1n) is 8.40. The van der Waals surface area contributed by atoms with Crippen molar-refractivity contribution in [2.75, 3.05) is 19.6 Å². The van der Waals surface area contributed by atoms with Crippen molar-refractivity contribution < 1.29 is 14.0 Å². The highest BCUT2D eigenvalue weighted by Crippen LogP contribution is 2.18. The van der Waals surface area contributed by atoms with Gasteiger partial charge in [0.25, 0.3) is 0 Å². The van der Waals surface area contributed by atoms with E-state index in [0.717, 1.165) is 31.4 Å². The summed E-state index contributed by atoms with van der Waals surface area (Å²) in [6.07, 6.45) is 4.20. The second kappa shape index (κ2) is 8.65. The van der Waals surface area contributed by atoms with Crippen LogP contribution >= 0.6 is 0 Å². The molecule has 5 heteroatoms. The molecule has 1 N–H and O–H groups in total. The molecule has 1 heterocycles. The average Bonchev–Trinajstić information content (AvgIpc) is 2.91. The summed E-state index contributed by atoms with van der Waals surface area (Å²) in [5.74, 6) is -0.471. The van der Waals surface area contributed by atoms with E-state index in [4.69, 9.17) is 0 Å². The van der Waals surface area contributed by atoms with Gasteiger partial charge in [-0.05, 0) is 30.5 Å². The van der Waals surface area contributed by atoms with Crippen LogP contribution in [-0.4, -0.2) is 36.3 Å². The molecule has 0 saturated carbocycles. The van der Waals surface area contributed by atoms with Crippen LogP contribution in [0.1, 0.15) is 38.2 Å². The van der Waals surface area contributed by atoms with Gasteiger partial charge in [0.2, 0.25) is 11.8 Å². The SMILES string of the molecule is CCCCCN1CC(C(=O)NCCc2ccc(F)cc2)CC1=O. The molecule has 2 amide bonds. The van der Waals surface area contributed by atoms with Gasteiger partial charge in [0.15, 0.2) is 0 Å². The van der Waals surface area contributed by atoms with E-state index < -0.39 is 0 Å². The maximum atomic E-state index is 12.8. The summed E-state index contributed by atoms with van der Waals surface area (Å²) in [5.41, 5.74) is 0.982. The Morgan fingerprint density at radius 2 is 2.04 bits per heavy atom. The molecule has 0 aliphatic carbocycles. The molecule has 0 radical (unpaired) electrons. The first-order valence-corrected chi connectivity index (χ1v) is 8.40. The molecule has 1 aromatic carbocycles. The van der Waals surface area contributed by atoms with Crippen LogP contribution in [0.2, 0.25) is 0 Å². The van der Waals surface area contributed by atoms with Crippen LogP contribution in [0.3, 0.4) is 0 Å². The number of hydrogen-bond acceptors (Lipinski definition) is 2. The van der Waals surface area contributed by atoms with E-state index in [2.05, 4.69) is 12.2 Å². The zero-order chi connectivity index (χ0) is 16.7. The van der Waals surface area contributed by atoms with Gasteiger partial charge in [-0.1, -0.05) is 31.9 Å². The maximum Gasteiger partial charge on any atom is 0.225 e. The lowest BCUT2D eigenvalue weighted by atomic mass is 10.1. The van der Waals surface area contributed by atoms with Gasteiger partial charge < -0.3 is 10.2 Å². The van der Waals surface area contributed by atoms with Crippen molar-refractivity contribution in [2.45, 2.75) is 39.0 Å². The highest BCUT2D eigenvalue weighted by molar-refractivity contribution is 5.89. The number of amides is 2. The predicted molar refractivity (Wildman–Crippen MR) is 87.3 cm³/mol. The van der Waals surface area contributed by atoms with E-state index in [0.29, 0.717) is 25.9 Å². The second-order valence-corrected chi connectivity index (χ2v) is 6.12. The Hall–Kier alpha value is -1.91. The van der Waals surface area contributed by atoms with E-state index in [-0.39, 0.29) is 23.5 Å². The van der Waals surface area contributed by atoms with Crippen LogP contribution in [-0.2, 0) is 16.0 Å². The van der Waals surface area contributed by atoms with Gasteiger partial charge in [-0.2, -0.15) is 0 Å². The van der Waals surface area contributed by atoms with Crippen LogP contribution in [0, 0.1) is 11.7 Å². The number of nitrogens with zero attached hydrogens (tertiary/aromatic N) is 1. The molecule has 126 valence electrons. The molecule has 1 fully saturated rings. The number of likely N-dealkylation sites (tertiary alicyclic amines) is 1. The first kappa shape index (κ1) is 17.4. The summed E-state index contributed by atoms with van der Waals surface area (Å²) in [5, 5.41) is 2.88. The molecule has 0 bridgehead atoms. The van der Waals surface area contributed by atoms with Crippen molar-refractivity contribution in [3.8, 4) is 0 Å². The largest absolute Gasteiger partial charge is 0.355 e. The third-order valence-corrected chi connectivity index (χ3v) is 4.24. The molecular weight excluding hydrogens is 295 g/mol. The lowest BCUT2D eigenvalue weighted by Crippen LogP contribution is -2.34. The van der Waals surface area contributed by atoms with Crippen molar-refractivity contribution in [3.63, 3.8) is 0 Å². The fourth-order valence-corrected chi connectivity index (χ4v) is 2.84. The van der Waals surface area contributed by atoms with Crippen molar-refractivity contribution in [2.24, 2.45) is 5.92 Å². The summed E-state index contributed by atoms with van der Waals surface area (Å²) in [7, 11) is 0. The molecule has 1 atom stereocenters. The van der Waals surface area contributed by atoms with Crippen LogP contribution in [0.15, 0.2) is 24.3 Å². The third-order valence-electron chi connectivity index (χ3n) is 4.24. The van der Waals surface area contributed by atoms with Gasteiger partial charge in [0.1, 0.15) is 5.82 Å². The van der Waals surface area contributed by atoms with Crippen LogP contribution in [0.5, 0.6) is 0 Å². The number of benzene rings is 1. The molecular formula is C18H25FN2O2. The van der Waals surface area contributed by atoms with Gasteiger partial charge >= 0.3 is 0 Å². The summed E-state index contributed by atoms with van der Waals surface area (Å²) in [6, 6.07) is 6.27. The summed E-state index contributed by atoms with van der Waals surface area (Å²) < 4.78 is 12.8. The molecule has 1 unspecified atom stereocenters. The minimum absolute atomic E-state index is 0.0570. The fourth-order valence-electron chi connectivity index (χ4n) is 2.84. The van der Waals surface area contributed by atoms with Crippen molar-refractivity contribution in [1.82, 2.24) is 10.2 Å². The number of nitrogens with one attached hydrogen (secondary N) is 1. The van der Waals surface area contributed by atoms with Gasteiger partial charge in [-0.25, -0.2) is 4.39 Å². The van der Waals surface area contributed by atoms with Crippen molar-refractivity contribution >= 4 is 11.8 Å². The highest BCUT2D eigenvalue weighted by atomic mass is 19.1. The molecule has 1 aliphatic heterocycles. The average molecular weight is 320 g/mol. The Morgan fingerprint density at radius 1 is 1.30 bits per heavy atom. The molecule has 1 aliphatic rings.